The average molecular weight is 288 g/mol. The third-order valence-corrected chi connectivity index (χ3v) is 3.45. The molecule has 112 valence electrons. The Labute approximate surface area is 123 Å². The van der Waals surface area contributed by atoms with Crippen LogP contribution in [0.2, 0.25) is 0 Å². The second-order valence-corrected chi connectivity index (χ2v) is 5.10. The van der Waals surface area contributed by atoms with E-state index in [1.165, 1.54) is 12.8 Å². The van der Waals surface area contributed by atoms with E-state index in [4.69, 9.17) is 0 Å². The van der Waals surface area contributed by atoms with E-state index in [1.54, 1.807) is 4.68 Å². The van der Waals surface area contributed by atoms with E-state index < -0.39 is 0 Å². The quantitative estimate of drug-likeness (QED) is 0.844. The summed E-state index contributed by atoms with van der Waals surface area (Å²) < 4.78 is 1.78. The highest BCUT2D eigenvalue weighted by atomic mass is 15.3. The Morgan fingerprint density at radius 1 is 1.14 bits per heavy atom. The van der Waals surface area contributed by atoms with E-state index in [0.717, 1.165) is 24.6 Å². The minimum atomic E-state index is 0.583. The van der Waals surface area contributed by atoms with E-state index in [0.29, 0.717) is 18.4 Å². The molecule has 0 aromatic carbocycles. The van der Waals surface area contributed by atoms with Crippen LogP contribution in [0, 0.1) is 0 Å². The number of aromatic nitrogens is 5. The van der Waals surface area contributed by atoms with Crippen molar-refractivity contribution in [1.29, 1.82) is 0 Å². The van der Waals surface area contributed by atoms with Gasteiger partial charge in [-0.25, -0.2) is 0 Å². The van der Waals surface area contributed by atoms with Gasteiger partial charge in [-0.1, -0.05) is 0 Å². The maximum atomic E-state index is 4.51. The predicted molar refractivity (Wildman–Crippen MR) is 81.4 cm³/mol. The number of nitrogens with one attached hydrogen (secondary N) is 2. The lowest BCUT2D eigenvalue weighted by atomic mass is 10.4. The van der Waals surface area contributed by atoms with Gasteiger partial charge in [-0.05, 0) is 12.8 Å². The number of nitrogens with zero attached hydrogens (tertiary/aromatic N) is 6. The molecule has 8 nitrogen and oxygen atoms in total. The van der Waals surface area contributed by atoms with E-state index in [9.17, 15) is 0 Å². The van der Waals surface area contributed by atoms with E-state index >= 15 is 0 Å². The van der Waals surface area contributed by atoms with Crippen molar-refractivity contribution in [3.8, 4) is 0 Å². The maximum absolute atomic E-state index is 4.51. The summed E-state index contributed by atoms with van der Waals surface area (Å²) >= 11 is 0. The van der Waals surface area contributed by atoms with Gasteiger partial charge in [0.1, 0.15) is 0 Å². The summed E-state index contributed by atoms with van der Waals surface area (Å²) in [6.45, 7) is 2.66. The molecule has 0 aliphatic carbocycles. The summed E-state index contributed by atoms with van der Waals surface area (Å²) in [6.07, 6.45) is 6.18. The number of anilines is 3. The van der Waals surface area contributed by atoms with Gasteiger partial charge in [-0.15, -0.1) is 0 Å². The van der Waals surface area contributed by atoms with Crippen LogP contribution in [0.4, 0.5) is 17.8 Å². The maximum Gasteiger partial charge on any atom is 0.231 e. The van der Waals surface area contributed by atoms with Crippen molar-refractivity contribution >= 4 is 17.8 Å². The minimum Gasteiger partial charge on any atom is -0.357 e. The van der Waals surface area contributed by atoms with Crippen LogP contribution in [0.3, 0.4) is 0 Å². The lowest BCUT2D eigenvalue weighted by Gasteiger charge is -2.16. The normalized spacial score (nSPS) is 14.5. The first-order valence-corrected chi connectivity index (χ1v) is 7.15. The summed E-state index contributed by atoms with van der Waals surface area (Å²) in [6, 6.07) is 0. The van der Waals surface area contributed by atoms with Crippen molar-refractivity contribution < 1.29 is 0 Å². The fourth-order valence-corrected chi connectivity index (χ4v) is 2.36. The van der Waals surface area contributed by atoms with Crippen LogP contribution >= 0.6 is 0 Å². The predicted octanol–water partition coefficient (Wildman–Crippen LogP) is 0.859. The molecule has 8 heteroatoms. The Morgan fingerprint density at radius 3 is 2.57 bits per heavy atom. The lowest BCUT2D eigenvalue weighted by Crippen LogP contribution is -2.22. The summed E-state index contributed by atoms with van der Waals surface area (Å²) in [4.78, 5) is 15.5. The van der Waals surface area contributed by atoms with Crippen molar-refractivity contribution in [1.82, 2.24) is 24.7 Å². The number of hydrogen-bond acceptors (Lipinski definition) is 7. The molecule has 0 spiro atoms. The molecular weight excluding hydrogens is 268 g/mol. The SMILES string of the molecule is CNc1nc(NCc2cnn(C)c2)nc(N2CCCC2)n1. The van der Waals surface area contributed by atoms with Crippen LogP contribution in [0.15, 0.2) is 12.4 Å². The third kappa shape index (κ3) is 3.21. The molecule has 1 aliphatic rings. The molecule has 2 aromatic rings. The van der Waals surface area contributed by atoms with Gasteiger partial charge in [-0.3, -0.25) is 4.68 Å². The number of rotatable bonds is 5. The molecule has 0 bridgehead atoms. The first kappa shape index (κ1) is 13.6. The fourth-order valence-electron chi connectivity index (χ4n) is 2.36. The van der Waals surface area contributed by atoms with Crippen molar-refractivity contribution in [3.05, 3.63) is 18.0 Å². The first-order valence-electron chi connectivity index (χ1n) is 7.15. The molecule has 0 amide bonds. The zero-order valence-corrected chi connectivity index (χ0v) is 12.4. The number of aryl methyl sites for hydroxylation is 1. The van der Waals surface area contributed by atoms with Crippen LogP contribution in [-0.2, 0) is 13.6 Å². The Hall–Kier alpha value is -2.38. The van der Waals surface area contributed by atoms with Crippen molar-refractivity contribution in [3.63, 3.8) is 0 Å². The second kappa shape index (κ2) is 5.94. The number of hydrogen-bond donors (Lipinski definition) is 2. The Bertz CT molecular complexity index is 602. The highest BCUT2D eigenvalue weighted by Gasteiger charge is 2.17. The molecule has 0 radical (unpaired) electrons. The second-order valence-electron chi connectivity index (χ2n) is 5.10. The Balaban J connectivity index is 1.75. The molecule has 0 unspecified atom stereocenters. The van der Waals surface area contributed by atoms with Gasteiger partial charge < -0.3 is 15.5 Å². The highest BCUT2D eigenvalue weighted by Crippen LogP contribution is 2.18. The fraction of sp³-hybridized carbons (Fsp3) is 0.538. The molecule has 1 fully saturated rings. The Morgan fingerprint density at radius 2 is 1.90 bits per heavy atom. The van der Waals surface area contributed by atoms with Crippen LogP contribution in [0.5, 0.6) is 0 Å². The summed E-state index contributed by atoms with van der Waals surface area (Å²) in [5, 5.41) is 10.4. The lowest BCUT2D eigenvalue weighted by molar-refractivity contribution is 0.767. The molecule has 0 atom stereocenters. The summed E-state index contributed by atoms with van der Waals surface area (Å²) in [5.74, 6) is 1.90. The van der Waals surface area contributed by atoms with Crippen LogP contribution < -0.4 is 15.5 Å². The van der Waals surface area contributed by atoms with E-state index in [-0.39, 0.29) is 0 Å². The standard InChI is InChI=1S/C13H20N8/c1-14-11-17-12(15-7-10-8-16-20(2)9-10)19-13(18-11)21-5-3-4-6-21/h8-9H,3-7H2,1-2H3,(H2,14,15,17,18,19). The van der Waals surface area contributed by atoms with Crippen molar-refractivity contribution in [2.75, 3.05) is 35.7 Å². The van der Waals surface area contributed by atoms with Gasteiger partial charge in [0.15, 0.2) is 0 Å². The molecule has 3 heterocycles. The molecule has 2 aromatic heterocycles. The summed E-state index contributed by atoms with van der Waals surface area (Å²) in [7, 11) is 3.71. The molecular formula is C13H20N8. The average Bonchev–Trinajstić information content (AvgIpc) is 3.16. The smallest absolute Gasteiger partial charge is 0.231 e. The molecule has 2 N–H and O–H groups in total. The van der Waals surface area contributed by atoms with E-state index in [1.807, 2.05) is 26.5 Å². The largest absolute Gasteiger partial charge is 0.357 e. The molecule has 0 saturated carbocycles. The molecule has 1 saturated heterocycles. The summed E-state index contributed by atoms with van der Waals surface area (Å²) in [5.41, 5.74) is 1.09. The van der Waals surface area contributed by atoms with Crippen molar-refractivity contribution in [2.24, 2.45) is 7.05 Å². The van der Waals surface area contributed by atoms with Crippen molar-refractivity contribution in [2.45, 2.75) is 19.4 Å². The minimum absolute atomic E-state index is 0.583. The topological polar surface area (TPSA) is 83.8 Å². The molecule has 1 aliphatic heterocycles. The van der Waals surface area contributed by atoms with Gasteiger partial charge in [0.25, 0.3) is 0 Å². The zero-order chi connectivity index (χ0) is 14.7. The molecule has 3 rings (SSSR count). The van der Waals surface area contributed by atoms with Crippen LogP contribution in [0.25, 0.3) is 0 Å². The van der Waals surface area contributed by atoms with Gasteiger partial charge in [0, 0.05) is 45.5 Å². The van der Waals surface area contributed by atoms with Gasteiger partial charge >= 0.3 is 0 Å². The van der Waals surface area contributed by atoms with Crippen LogP contribution in [-0.4, -0.2) is 44.9 Å². The van der Waals surface area contributed by atoms with Gasteiger partial charge in [0.05, 0.1) is 6.20 Å². The third-order valence-electron chi connectivity index (χ3n) is 3.45. The first-order chi connectivity index (χ1) is 10.2. The highest BCUT2D eigenvalue weighted by molar-refractivity contribution is 5.44. The zero-order valence-electron chi connectivity index (χ0n) is 12.4. The monoisotopic (exact) mass is 288 g/mol. The molecule has 21 heavy (non-hydrogen) atoms. The van der Waals surface area contributed by atoms with Gasteiger partial charge in [0.2, 0.25) is 17.8 Å². The van der Waals surface area contributed by atoms with E-state index in [2.05, 4.69) is 35.6 Å². The van der Waals surface area contributed by atoms with Crippen LogP contribution in [0.1, 0.15) is 18.4 Å². The Kier molecular flexibility index (Phi) is 3.85. The van der Waals surface area contributed by atoms with Gasteiger partial charge in [-0.2, -0.15) is 20.1 Å².